The van der Waals surface area contributed by atoms with Gasteiger partial charge in [0.05, 0.1) is 6.61 Å². The molecule has 0 amide bonds. The molecule has 0 unspecified atom stereocenters. The Morgan fingerprint density at radius 2 is 1.48 bits per heavy atom. The molecule has 0 N–H and O–H groups in total. The maximum absolute atomic E-state index is 10.0. The number of aldehydes is 1. The third-order valence-electron chi connectivity index (χ3n) is 2.79. The van der Waals surface area contributed by atoms with Crippen molar-refractivity contribution in [3.8, 4) is 0 Å². The molecule has 0 bridgehead atoms. The van der Waals surface area contributed by atoms with E-state index in [0.717, 1.165) is 18.3 Å². The first-order valence-electron chi connectivity index (χ1n) is 7.89. The summed E-state index contributed by atoms with van der Waals surface area (Å²) in [5.74, 6) is 0. The monoisotopic (exact) mass is 358 g/mol. The fourth-order valence-corrected chi connectivity index (χ4v) is 1.55. The van der Waals surface area contributed by atoms with Gasteiger partial charge in [0.2, 0.25) is 0 Å². The van der Waals surface area contributed by atoms with E-state index in [0.29, 0.717) is 13.1 Å². The Morgan fingerprint density at radius 3 is 1.91 bits per heavy atom. The van der Waals surface area contributed by atoms with Crippen molar-refractivity contribution in [2.45, 2.75) is 45.4 Å². The second-order valence-corrected chi connectivity index (χ2v) is 7.26. The fraction of sp³-hybridized carbons (Fsp3) is 0.556. The normalized spacial score (nSPS) is 8.83. The van der Waals surface area contributed by atoms with Crippen LogP contribution in [0.1, 0.15) is 55.8 Å². The van der Waals surface area contributed by atoms with Crippen molar-refractivity contribution >= 4 is 34.3 Å². The number of benzene rings is 1. The average molecular weight is 359 g/mol. The van der Waals surface area contributed by atoms with Crippen LogP contribution in [0.3, 0.4) is 0 Å². The van der Waals surface area contributed by atoms with Crippen molar-refractivity contribution in [1.82, 2.24) is 0 Å². The molecular weight excluding hydrogens is 328 g/mol. The summed E-state index contributed by atoms with van der Waals surface area (Å²) in [4.78, 5) is 19.7. The van der Waals surface area contributed by atoms with Gasteiger partial charge in [-0.25, -0.2) is 0 Å². The quantitative estimate of drug-likeness (QED) is 0.307. The van der Waals surface area contributed by atoms with E-state index in [1.54, 1.807) is 33.7 Å². The molecule has 0 fully saturated rings. The summed E-state index contributed by atoms with van der Waals surface area (Å²) in [6, 6.07) is 9.10. The minimum Gasteiger partial charge on any atom is -0.468 e. The van der Waals surface area contributed by atoms with E-state index in [4.69, 9.17) is 0 Å². The van der Waals surface area contributed by atoms with Crippen molar-refractivity contribution in [2.24, 2.45) is 0 Å². The highest BCUT2D eigenvalue weighted by molar-refractivity contribution is 8.76. The van der Waals surface area contributed by atoms with E-state index in [9.17, 15) is 9.59 Å². The van der Waals surface area contributed by atoms with E-state index in [-0.39, 0.29) is 0 Å². The number of rotatable bonds is 10. The highest BCUT2D eigenvalue weighted by Crippen LogP contribution is 2.09. The Balaban J connectivity index is 0. The lowest BCUT2D eigenvalue weighted by Gasteiger charge is -1.98. The van der Waals surface area contributed by atoms with Crippen LogP contribution in [-0.2, 0) is 9.53 Å². The summed E-state index contributed by atoms with van der Waals surface area (Å²) in [6.07, 6.45) is 12.4. The molecule has 0 heterocycles. The molecule has 1 rings (SSSR count). The molecule has 0 saturated heterocycles. The van der Waals surface area contributed by atoms with Gasteiger partial charge in [-0.3, -0.25) is 9.59 Å². The van der Waals surface area contributed by atoms with Gasteiger partial charge in [-0.05, 0) is 18.9 Å². The van der Waals surface area contributed by atoms with E-state index in [2.05, 4.69) is 24.2 Å². The third-order valence-corrected chi connectivity index (χ3v) is 4.12. The lowest BCUT2D eigenvalue weighted by atomic mass is 10.1. The van der Waals surface area contributed by atoms with E-state index in [1.807, 2.05) is 18.2 Å². The van der Waals surface area contributed by atoms with Crippen LogP contribution >= 0.6 is 21.6 Å². The summed E-state index contributed by atoms with van der Waals surface area (Å²) < 4.78 is 4.56. The second-order valence-electron chi connectivity index (χ2n) is 4.60. The first-order valence-corrected chi connectivity index (χ1v) is 10.9. The largest absolute Gasteiger partial charge is 0.468 e. The summed E-state index contributed by atoms with van der Waals surface area (Å²) >= 11 is 0. The molecule has 0 aliphatic heterocycles. The maximum atomic E-state index is 10.0. The Labute approximate surface area is 149 Å². The lowest BCUT2D eigenvalue weighted by molar-refractivity contribution is -0.128. The van der Waals surface area contributed by atoms with Crippen LogP contribution in [0.2, 0.25) is 0 Å². The average Bonchev–Trinajstić information content (AvgIpc) is 2.62. The minimum atomic E-state index is 0.520. The summed E-state index contributed by atoms with van der Waals surface area (Å²) in [7, 11) is 3.55. The number of hydrogen-bond donors (Lipinski definition) is 0. The molecule has 0 aromatic heterocycles. The molecule has 0 atom stereocenters. The number of hydrogen-bond acceptors (Lipinski definition) is 5. The third kappa shape index (κ3) is 23.5. The van der Waals surface area contributed by atoms with Crippen LogP contribution in [0, 0.1) is 0 Å². The zero-order valence-electron chi connectivity index (χ0n) is 14.5. The zero-order valence-corrected chi connectivity index (χ0v) is 16.2. The Bertz CT molecular complexity index is 343. The van der Waals surface area contributed by atoms with Gasteiger partial charge in [-0.1, -0.05) is 90.9 Å². The van der Waals surface area contributed by atoms with Gasteiger partial charge >= 0.3 is 0 Å². The Kier molecular flexibility index (Phi) is 24.7. The molecule has 0 spiro atoms. The summed E-state index contributed by atoms with van der Waals surface area (Å²) in [6.45, 7) is 3.32. The van der Waals surface area contributed by atoms with Crippen LogP contribution < -0.4 is 0 Å². The highest BCUT2D eigenvalue weighted by atomic mass is 33.1. The molecule has 5 heteroatoms. The molecule has 0 saturated carbocycles. The van der Waals surface area contributed by atoms with Gasteiger partial charge in [0.15, 0.2) is 0 Å². The van der Waals surface area contributed by atoms with Crippen LogP contribution in [0.25, 0.3) is 0 Å². The molecule has 1 aromatic rings. The number of carbonyl (C=O) groups excluding carboxylic acids is 2. The van der Waals surface area contributed by atoms with Crippen molar-refractivity contribution < 1.29 is 14.3 Å². The Hall–Kier alpha value is -0.940. The standard InChI is InChI=1S/C9H18O2.C7H6O.C2H6S2/c1-2-3-4-5-6-7-8-11-9-10;8-6-7-4-2-1-3-5-7;1-3-4-2/h9H,2-8H2,1H3;1-6H;1-2H3. The SMILES string of the molecule is CCCCCCCCOC=O.CSSC.O=Cc1ccccc1. The highest BCUT2D eigenvalue weighted by Gasteiger charge is 1.89. The van der Waals surface area contributed by atoms with Gasteiger partial charge in [0.25, 0.3) is 6.47 Å². The van der Waals surface area contributed by atoms with Gasteiger partial charge in [-0.2, -0.15) is 0 Å². The van der Waals surface area contributed by atoms with E-state index in [1.165, 1.54) is 32.1 Å². The van der Waals surface area contributed by atoms with Gasteiger partial charge in [0.1, 0.15) is 6.29 Å². The second kappa shape index (κ2) is 23.3. The van der Waals surface area contributed by atoms with E-state index < -0.39 is 0 Å². The molecule has 0 aliphatic rings. The summed E-state index contributed by atoms with van der Waals surface area (Å²) in [5.41, 5.74) is 0.729. The molecule has 0 radical (unpaired) electrons. The molecule has 3 nitrogen and oxygen atoms in total. The maximum Gasteiger partial charge on any atom is 0.293 e. The summed E-state index contributed by atoms with van der Waals surface area (Å²) in [5, 5.41) is 0. The predicted molar refractivity (Wildman–Crippen MR) is 104 cm³/mol. The molecule has 0 aliphatic carbocycles. The van der Waals surface area contributed by atoms with Gasteiger partial charge in [-0.15, -0.1) is 0 Å². The van der Waals surface area contributed by atoms with Crippen molar-refractivity contribution in [1.29, 1.82) is 0 Å². The molecular formula is C18H30O3S2. The van der Waals surface area contributed by atoms with Crippen LogP contribution in [0.15, 0.2) is 30.3 Å². The van der Waals surface area contributed by atoms with Gasteiger partial charge in [0, 0.05) is 5.56 Å². The fourth-order valence-electron chi connectivity index (χ4n) is 1.55. The molecule has 132 valence electrons. The number of unbranched alkanes of at least 4 members (excludes halogenated alkanes) is 5. The Morgan fingerprint density at radius 1 is 0.913 bits per heavy atom. The molecule has 23 heavy (non-hydrogen) atoms. The zero-order chi connectivity index (χ0) is 17.6. The van der Waals surface area contributed by atoms with Crippen LogP contribution in [0.4, 0.5) is 0 Å². The number of carbonyl (C=O) groups is 2. The molecule has 1 aromatic carbocycles. The van der Waals surface area contributed by atoms with E-state index >= 15 is 0 Å². The topological polar surface area (TPSA) is 43.4 Å². The van der Waals surface area contributed by atoms with Crippen LogP contribution in [0.5, 0.6) is 0 Å². The predicted octanol–water partition coefficient (Wildman–Crippen LogP) is 5.65. The smallest absolute Gasteiger partial charge is 0.293 e. The number of ether oxygens (including phenoxy) is 1. The van der Waals surface area contributed by atoms with Crippen LogP contribution in [-0.4, -0.2) is 31.9 Å². The van der Waals surface area contributed by atoms with Gasteiger partial charge < -0.3 is 4.74 Å². The van der Waals surface area contributed by atoms with Crippen molar-refractivity contribution in [2.75, 3.05) is 19.1 Å². The first kappa shape index (κ1) is 24.3. The minimum absolute atomic E-state index is 0.520. The lowest BCUT2D eigenvalue weighted by Crippen LogP contribution is -1.90. The first-order chi connectivity index (χ1) is 11.3. The van der Waals surface area contributed by atoms with Crippen molar-refractivity contribution in [3.05, 3.63) is 35.9 Å². The van der Waals surface area contributed by atoms with Crippen molar-refractivity contribution in [3.63, 3.8) is 0 Å².